The van der Waals surface area contributed by atoms with Gasteiger partial charge >= 0.3 is 0 Å². The number of nitrogens with zero attached hydrogens (tertiary/aromatic N) is 2. The molecule has 0 unspecified atom stereocenters. The molecule has 0 amide bonds. The first kappa shape index (κ1) is 21.3. The van der Waals surface area contributed by atoms with Crippen LogP contribution in [-0.4, -0.2) is 46.4 Å². The standard InChI is InChI=1S/C22H30N4O2S/c1-23-21(25-17-22(14-9-15-22)19-11-5-4-6-12-19)24-16-18-10-7-8-13-20(18)29(27,28)26(2)3/h4-8,10-13H,9,14-17H2,1-3H3,(H2,23,24,25). The van der Waals surface area contributed by atoms with E-state index < -0.39 is 10.0 Å². The molecule has 0 aromatic heterocycles. The fraction of sp³-hybridized carbons (Fsp3) is 0.409. The highest BCUT2D eigenvalue weighted by Crippen LogP contribution is 2.43. The van der Waals surface area contributed by atoms with E-state index in [1.807, 2.05) is 18.2 Å². The van der Waals surface area contributed by atoms with Gasteiger partial charge in [0.2, 0.25) is 10.0 Å². The van der Waals surface area contributed by atoms with Crippen molar-refractivity contribution in [1.29, 1.82) is 0 Å². The van der Waals surface area contributed by atoms with Crippen molar-refractivity contribution in [2.45, 2.75) is 36.1 Å². The second-order valence-electron chi connectivity index (χ2n) is 7.67. The highest BCUT2D eigenvalue weighted by atomic mass is 32.2. The number of benzene rings is 2. The molecule has 3 rings (SSSR count). The van der Waals surface area contributed by atoms with Gasteiger partial charge in [0, 0.05) is 39.6 Å². The molecule has 1 aliphatic carbocycles. The van der Waals surface area contributed by atoms with Crippen LogP contribution in [0.3, 0.4) is 0 Å². The summed E-state index contributed by atoms with van der Waals surface area (Å²) in [4.78, 5) is 4.63. The van der Waals surface area contributed by atoms with E-state index in [-0.39, 0.29) is 5.41 Å². The number of hydrogen-bond acceptors (Lipinski definition) is 3. The fourth-order valence-corrected chi connectivity index (χ4v) is 4.83. The van der Waals surface area contributed by atoms with Gasteiger partial charge in [0.1, 0.15) is 0 Å². The molecule has 1 saturated carbocycles. The maximum atomic E-state index is 12.6. The lowest BCUT2D eigenvalue weighted by Gasteiger charge is -2.43. The molecule has 0 atom stereocenters. The smallest absolute Gasteiger partial charge is 0.242 e. The van der Waals surface area contributed by atoms with Gasteiger partial charge in [0.05, 0.1) is 4.90 Å². The number of guanidine groups is 1. The molecule has 2 aromatic rings. The van der Waals surface area contributed by atoms with E-state index in [9.17, 15) is 8.42 Å². The van der Waals surface area contributed by atoms with Crippen LogP contribution in [0, 0.1) is 0 Å². The quantitative estimate of drug-likeness (QED) is 0.540. The highest BCUT2D eigenvalue weighted by Gasteiger charge is 2.38. The average Bonchev–Trinajstić information content (AvgIpc) is 2.70. The van der Waals surface area contributed by atoms with E-state index in [2.05, 4.69) is 39.9 Å². The Morgan fingerprint density at radius 3 is 2.28 bits per heavy atom. The Morgan fingerprint density at radius 2 is 1.69 bits per heavy atom. The summed E-state index contributed by atoms with van der Waals surface area (Å²) in [6.45, 7) is 1.18. The molecule has 0 radical (unpaired) electrons. The third kappa shape index (κ3) is 4.62. The summed E-state index contributed by atoms with van der Waals surface area (Å²) < 4.78 is 26.4. The topological polar surface area (TPSA) is 73.8 Å². The molecular formula is C22H30N4O2S. The van der Waals surface area contributed by atoms with Crippen LogP contribution < -0.4 is 10.6 Å². The molecule has 29 heavy (non-hydrogen) atoms. The molecule has 1 aliphatic rings. The zero-order valence-electron chi connectivity index (χ0n) is 17.4. The third-order valence-electron chi connectivity index (χ3n) is 5.69. The predicted molar refractivity (Wildman–Crippen MR) is 117 cm³/mol. The lowest BCUT2D eigenvalue weighted by atomic mass is 9.64. The normalized spacial score (nSPS) is 16.3. The second kappa shape index (κ2) is 8.97. The second-order valence-corrected chi connectivity index (χ2v) is 9.79. The van der Waals surface area contributed by atoms with E-state index in [4.69, 9.17) is 0 Å². The van der Waals surface area contributed by atoms with Crippen LogP contribution in [0.15, 0.2) is 64.5 Å². The van der Waals surface area contributed by atoms with Crippen LogP contribution in [0.2, 0.25) is 0 Å². The Morgan fingerprint density at radius 1 is 1.03 bits per heavy atom. The van der Waals surface area contributed by atoms with Gasteiger partial charge in [-0.25, -0.2) is 12.7 Å². The maximum absolute atomic E-state index is 12.6. The number of sulfonamides is 1. The molecule has 6 nitrogen and oxygen atoms in total. The molecule has 0 bridgehead atoms. The first-order valence-corrected chi connectivity index (χ1v) is 11.3. The summed E-state index contributed by atoms with van der Waals surface area (Å²) in [6.07, 6.45) is 3.55. The largest absolute Gasteiger partial charge is 0.356 e. The maximum Gasteiger partial charge on any atom is 0.242 e. The average molecular weight is 415 g/mol. The van der Waals surface area contributed by atoms with E-state index >= 15 is 0 Å². The molecule has 0 spiro atoms. The summed E-state index contributed by atoms with van der Waals surface area (Å²) in [7, 11) is 1.32. The molecule has 2 aromatic carbocycles. The van der Waals surface area contributed by atoms with Crippen LogP contribution in [0.25, 0.3) is 0 Å². The number of aliphatic imine (C=N–C) groups is 1. The minimum absolute atomic E-state index is 0.144. The number of hydrogen-bond donors (Lipinski definition) is 2. The van der Waals surface area contributed by atoms with Crippen LogP contribution in [0.4, 0.5) is 0 Å². The first-order valence-electron chi connectivity index (χ1n) is 9.89. The van der Waals surface area contributed by atoms with Crippen molar-refractivity contribution in [3.05, 3.63) is 65.7 Å². The molecule has 156 valence electrons. The number of rotatable bonds is 7. The van der Waals surface area contributed by atoms with Gasteiger partial charge in [-0.15, -0.1) is 0 Å². The van der Waals surface area contributed by atoms with Crippen LogP contribution in [-0.2, 0) is 22.0 Å². The van der Waals surface area contributed by atoms with Gasteiger partial charge in [0.25, 0.3) is 0 Å². The summed E-state index contributed by atoms with van der Waals surface area (Å²) in [5, 5.41) is 6.71. The molecule has 0 aliphatic heterocycles. The lowest BCUT2D eigenvalue weighted by Crippen LogP contribution is -2.48. The summed E-state index contributed by atoms with van der Waals surface area (Å²) in [5.74, 6) is 0.671. The lowest BCUT2D eigenvalue weighted by molar-refractivity contribution is 0.244. The minimum atomic E-state index is -3.50. The third-order valence-corrected chi connectivity index (χ3v) is 7.61. The molecule has 1 fully saturated rings. The first-order chi connectivity index (χ1) is 13.9. The van der Waals surface area contributed by atoms with Gasteiger partial charge in [-0.3, -0.25) is 4.99 Å². The van der Waals surface area contributed by atoms with Crippen molar-refractivity contribution in [1.82, 2.24) is 14.9 Å². The minimum Gasteiger partial charge on any atom is -0.356 e. The summed E-state index contributed by atoms with van der Waals surface area (Å²) in [5.41, 5.74) is 2.22. The summed E-state index contributed by atoms with van der Waals surface area (Å²) >= 11 is 0. The Labute approximate surface area is 174 Å². The molecule has 0 heterocycles. The van der Waals surface area contributed by atoms with E-state index in [1.165, 1.54) is 16.3 Å². The van der Waals surface area contributed by atoms with Crippen molar-refractivity contribution in [3.8, 4) is 0 Å². The van der Waals surface area contributed by atoms with E-state index in [1.54, 1.807) is 33.3 Å². The van der Waals surface area contributed by atoms with Crippen LogP contribution >= 0.6 is 0 Å². The predicted octanol–water partition coefficient (Wildman–Crippen LogP) is 2.72. The van der Waals surface area contributed by atoms with Crippen molar-refractivity contribution < 1.29 is 8.42 Å². The van der Waals surface area contributed by atoms with Crippen molar-refractivity contribution in [2.24, 2.45) is 4.99 Å². The van der Waals surface area contributed by atoms with E-state index in [0.717, 1.165) is 19.4 Å². The van der Waals surface area contributed by atoms with Gasteiger partial charge in [-0.1, -0.05) is 55.0 Å². The molecular weight excluding hydrogens is 384 g/mol. The Kier molecular flexibility index (Phi) is 6.59. The summed E-state index contributed by atoms with van der Waals surface area (Å²) in [6, 6.07) is 17.7. The van der Waals surface area contributed by atoms with E-state index in [0.29, 0.717) is 23.0 Å². The SMILES string of the molecule is CN=C(NCc1ccccc1S(=O)(=O)N(C)C)NCC1(c2ccccc2)CCC1. The van der Waals surface area contributed by atoms with Crippen molar-refractivity contribution >= 4 is 16.0 Å². The Bertz CT molecular complexity index is 952. The van der Waals surface area contributed by atoms with Gasteiger partial charge < -0.3 is 10.6 Å². The molecule has 2 N–H and O–H groups in total. The molecule has 0 saturated heterocycles. The highest BCUT2D eigenvalue weighted by molar-refractivity contribution is 7.89. The van der Waals surface area contributed by atoms with Crippen molar-refractivity contribution in [3.63, 3.8) is 0 Å². The van der Waals surface area contributed by atoms with Crippen molar-refractivity contribution in [2.75, 3.05) is 27.7 Å². The monoisotopic (exact) mass is 414 g/mol. The fourth-order valence-electron chi connectivity index (χ4n) is 3.71. The van der Waals surface area contributed by atoms with Gasteiger partial charge in [-0.05, 0) is 30.0 Å². The van der Waals surface area contributed by atoms with Gasteiger partial charge in [-0.2, -0.15) is 0 Å². The Hall–Kier alpha value is -2.38. The zero-order chi connectivity index (χ0) is 20.9. The van der Waals surface area contributed by atoms with Crippen LogP contribution in [0.5, 0.6) is 0 Å². The van der Waals surface area contributed by atoms with Gasteiger partial charge in [0.15, 0.2) is 5.96 Å². The van der Waals surface area contributed by atoms with Crippen LogP contribution in [0.1, 0.15) is 30.4 Å². The Balaban J connectivity index is 1.67. The zero-order valence-corrected chi connectivity index (χ0v) is 18.2. The molecule has 7 heteroatoms. The number of nitrogens with one attached hydrogen (secondary N) is 2.